The molecule has 0 heterocycles. The molecule has 1 aromatic rings. The Labute approximate surface area is 112 Å². The van der Waals surface area contributed by atoms with Crippen molar-refractivity contribution in [1.29, 1.82) is 0 Å². The van der Waals surface area contributed by atoms with Crippen LogP contribution in [0.25, 0.3) is 0 Å². The fourth-order valence-electron chi connectivity index (χ4n) is 1.63. The summed E-state index contributed by atoms with van der Waals surface area (Å²) in [5.74, 6) is 0. The van der Waals surface area contributed by atoms with E-state index >= 15 is 0 Å². The van der Waals surface area contributed by atoms with Gasteiger partial charge in [-0.1, -0.05) is 34.1 Å². The first-order valence-corrected chi connectivity index (χ1v) is 8.22. The molecule has 0 radical (unpaired) electrons. The molecule has 96 valence electrons. The number of rotatable bonds is 6. The topological polar surface area (TPSA) is 46.2 Å². The number of hydrogen-bond acceptors (Lipinski definition) is 2. The minimum absolute atomic E-state index is 0.0443. The number of benzene rings is 1. The fraction of sp³-hybridized carbons (Fsp3) is 0.500. The van der Waals surface area contributed by atoms with Crippen LogP contribution in [0.2, 0.25) is 0 Å². The zero-order valence-corrected chi connectivity index (χ0v) is 12.5. The third kappa shape index (κ3) is 4.41. The number of sulfonamides is 1. The molecule has 1 N–H and O–H groups in total. The first kappa shape index (κ1) is 14.7. The van der Waals surface area contributed by atoms with Crippen LogP contribution in [0, 0.1) is 6.92 Å². The molecule has 0 saturated heterocycles. The predicted molar refractivity (Wildman–Crippen MR) is 74.0 cm³/mol. The van der Waals surface area contributed by atoms with Crippen LogP contribution in [-0.4, -0.2) is 19.8 Å². The second-order valence-corrected chi connectivity index (χ2v) is 6.59. The van der Waals surface area contributed by atoms with Crippen LogP contribution in [0.3, 0.4) is 0 Å². The highest BCUT2D eigenvalue weighted by molar-refractivity contribution is 9.09. The highest BCUT2D eigenvalue weighted by atomic mass is 79.9. The van der Waals surface area contributed by atoms with Gasteiger partial charge in [-0.05, 0) is 38.3 Å². The van der Waals surface area contributed by atoms with Gasteiger partial charge >= 0.3 is 0 Å². The zero-order valence-electron chi connectivity index (χ0n) is 10.1. The molecule has 17 heavy (non-hydrogen) atoms. The standard InChI is InChI=1S/C12H18BrNO2S/c1-10-6-3-4-8-12(10)17(15,16)14-11(2)7-5-9-13/h3-4,6,8,11,14H,5,7,9H2,1-2H3. The van der Waals surface area contributed by atoms with Crippen LogP contribution in [0.1, 0.15) is 25.3 Å². The summed E-state index contributed by atoms with van der Waals surface area (Å²) in [4.78, 5) is 0.366. The van der Waals surface area contributed by atoms with Gasteiger partial charge in [0.25, 0.3) is 0 Å². The lowest BCUT2D eigenvalue weighted by molar-refractivity contribution is 0.544. The van der Waals surface area contributed by atoms with Gasteiger partial charge in [-0.3, -0.25) is 0 Å². The molecule has 1 unspecified atom stereocenters. The third-order valence-corrected chi connectivity index (χ3v) is 4.82. The molecule has 1 rings (SSSR count). The normalized spacial score (nSPS) is 13.6. The van der Waals surface area contributed by atoms with Gasteiger partial charge in [0.1, 0.15) is 0 Å². The van der Waals surface area contributed by atoms with E-state index in [0.29, 0.717) is 4.90 Å². The molecule has 1 atom stereocenters. The second kappa shape index (κ2) is 6.52. The monoisotopic (exact) mass is 319 g/mol. The number of halogens is 1. The minimum Gasteiger partial charge on any atom is -0.208 e. The van der Waals surface area contributed by atoms with E-state index < -0.39 is 10.0 Å². The Morgan fingerprint density at radius 1 is 1.35 bits per heavy atom. The Kier molecular flexibility index (Phi) is 5.62. The molecule has 0 aromatic heterocycles. The van der Waals surface area contributed by atoms with Gasteiger partial charge in [0, 0.05) is 11.4 Å². The maximum Gasteiger partial charge on any atom is 0.241 e. The van der Waals surface area contributed by atoms with E-state index in [1.165, 1.54) is 0 Å². The third-order valence-electron chi connectivity index (χ3n) is 2.51. The van der Waals surface area contributed by atoms with Crippen molar-refractivity contribution in [3.05, 3.63) is 29.8 Å². The lowest BCUT2D eigenvalue weighted by Gasteiger charge is -2.14. The first-order chi connectivity index (χ1) is 7.97. The molecule has 0 aliphatic carbocycles. The molecule has 0 fully saturated rings. The molecule has 0 spiro atoms. The van der Waals surface area contributed by atoms with Crippen molar-refractivity contribution < 1.29 is 8.42 Å². The van der Waals surface area contributed by atoms with Gasteiger partial charge in [0.05, 0.1) is 4.90 Å². The van der Waals surface area contributed by atoms with E-state index in [0.717, 1.165) is 23.7 Å². The lowest BCUT2D eigenvalue weighted by Crippen LogP contribution is -2.33. The van der Waals surface area contributed by atoms with Gasteiger partial charge < -0.3 is 0 Å². The number of aryl methyl sites for hydroxylation is 1. The molecular weight excluding hydrogens is 302 g/mol. The van der Waals surface area contributed by atoms with Crippen molar-refractivity contribution in [2.24, 2.45) is 0 Å². The lowest BCUT2D eigenvalue weighted by atomic mass is 10.2. The SMILES string of the molecule is Cc1ccccc1S(=O)(=O)NC(C)CCCBr. The number of nitrogens with one attached hydrogen (secondary N) is 1. The summed E-state index contributed by atoms with van der Waals surface area (Å²) in [5.41, 5.74) is 0.771. The molecular formula is C12H18BrNO2S. The first-order valence-electron chi connectivity index (χ1n) is 5.61. The van der Waals surface area contributed by atoms with Crippen LogP contribution in [-0.2, 0) is 10.0 Å². The Balaban J connectivity index is 2.79. The highest BCUT2D eigenvalue weighted by Crippen LogP contribution is 2.15. The van der Waals surface area contributed by atoms with E-state index in [4.69, 9.17) is 0 Å². The quantitative estimate of drug-likeness (QED) is 0.819. The molecule has 0 aliphatic rings. The van der Waals surface area contributed by atoms with Crippen LogP contribution in [0.5, 0.6) is 0 Å². The summed E-state index contributed by atoms with van der Waals surface area (Å²) >= 11 is 3.34. The maximum atomic E-state index is 12.1. The average Bonchev–Trinajstić information content (AvgIpc) is 2.26. The molecule has 0 saturated carbocycles. The number of alkyl halides is 1. The molecule has 3 nitrogen and oxygen atoms in total. The van der Waals surface area contributed by atoms with Crippen molar-refractivity contribution >= 4 is 26.0 Å². The minimum atomic E-state index is -3.39. The highest BCUT2D eigenvalue weighted by Gasteiger charge is 2.18. The molecule has 0 aliphatic heterocycles. The smallest absolute Gasteiger partial charge is 0.208 e. The molecule has 5 heteroatoms. The zero-order chi connectivity index (χ0) is 12.9. The van der Waals surface area contributed by atoms with Crippen molar-refractivity contribution in [1.82, 2.24) is 4.72 Å². The summed E-state index contributed by atoms with van der Waals surface area (Å²) < 4.78 is 26.9. The Morgan fingerprint density at radius 2 is 2.00 bits per heavy atom. The van der Waals surface area contributed by atoms with E-state index in [2.05, 4.69) is 20.7 Å². The summed E-state index contributed by atoms with van der Waals surface area (Å²) in [5, 5.41) is 0.892. The summed E-state index contributed by atoms with van der Waals surface area (Å²) in [7, 11) is -3.39. The van der Waals surface area contributed by atoms with Gasteiger partial charge in [-0.25, -0.2) is 13.1 Å². The van der Waals surface area contributed by atoms with Crippen LogP contribution < -0.4 is 4.72 Å². The summed E-state index contributed by atoms with van der Waals surface area (Å²) in [6.45, 7) is 3.69. The molecule has 0 bridgehead atoms. The van der Waals surface area contributed by atoms with Crippen molar-refractivity contribution in [2.45, 2.75) is 37.6 Å². The van der Waals surface area contributed by atoms with Crippen LogP contribution in [0.4, 0.5) is 0 Å². The second-order valence-electron chi connectivity index (χ2n) is 4.12. The Bertz CT molecular complexity index is 459. The molecule has 0 amide bonds. The molecule has 1 aromatic carbocycles. The van der Waals surface area contributed by atoms with Crippen molar-refractivity contribution in [3.63, 3.8) is 0 Å². The van der Waals surface area contributed by atoms with Crippen LogP contribution in [0.15, 0.2) is 29.2 Å². The van der Waals surface area contributed by atoms with Gasteiger partial charge in [-0.2, -0.15) is 0 Å². The largest absolute Gasteiger partial charge is 0.241 e. The number of hydrogen-bond donors (Lipinski definition) is 1. The van der Waals surface area contributed by atoms with Gasteiger partial charge in [0.15, 0.2) is 0 Å². The Morgan fingerprint density at radius 3 is 2.59 bits per heavy atom. The van der Waals surface area contributed by atoms with Crippen molar-refractivity contribution in [3.8, 4) is 0 Å². The van der Waals surface area contributed by atoms with E-state index in [-0.39, 0.29) is 6.04 Å². The van der Waals surface area contributed by atoms with Crippen LogP contribution >= 0.6 is 15.9 Å². The van der Waals surface area contributed by atoms with E-state index in [9.17, 15) is 8.42 Å². The van der Waals surface area contributed by atoms with Crippen molar-refractivity contribution in [2.75, 3.05) is 5.33 Å². The Hall–Kier alpha value is -0.390. The fourth-order valence-corrected chi connectivity index (χ4v) is 3.48. The van der Waals surface area contributed by atoms with E-state index in [1.807, 2.05) is 13.0 Å². The van der Waals surface area contributed by atoms with Gasteiger partial charge in [0.2, 0.25) is 10.0 Å². The summed E-state index contributed by atoms with van der Waals surface area (Å²) in [6.07, 6.45) is 1.79. The average molecular weight is 320 g/mol. The van der Waals surface area contributed by atoms with E-state index in [1.54, 1.807) is 25.1 Å². The van der Waals surface area contributed by atoms with Gasteiger partial charge in [-0.15, -0.1) is 0 Å². The summed E-state index contributed by atoms with van der Waals surface area (Å²) in [6, 6.07) is 6.97. The maximum absolute atomic E-state index is 12.1. The predicted octanol–water partition coefficient (Wildman–Crippen LogP) is 2.84.